The molecule has 0 saturated carbocycles. The highest BCUT2D eigenvalue weighted by Gasteiger charge is 2.19. The first kappa shape index (κ1) is 54.7. The van der Waals surface area contributed by atoms with E-state index in [1.165, 1.54) is 263 Å². The zero-order valence-corrected chi connectivity index (χ0v) is 38.1. The van der Waals surface area contributed by atoms with Gasteiger partial charge in [-0.3, -0.25) is 4.79 Å². The van der Waals surface area contributed by atoms with E-state index in [1.54, 1.807) is 0 Å². The normalized spacial score (nSPS) is 12.8. The largest absolute Gasteiger partial charge is 0.481 e. The van der Waals surface area contributed by atoms with Crippen LogP contribution in [0.3, 0.4) is 0 Å². The molecule has 0 aliphatic rings. The van der Waals surface area contributed by atoms with Gasteiger partial charge in [0.05, 0.1) is 0 Å². The lowest BCUT2D eigenvalue weighted by molar-refractivity contribution is -0.137. The van der Waals surface area contributed by atoms with Gasteiger partial charge in [0.15, 0.2) is 0 Å². The Labute approximate surface area is 351 Å². The van der Waals surface area contributed by atoms with E-state index in [9.17, 15) is 14.7 Å². The van der Waals surface area contributed by atoms with Gasteiger partial charge < -0.3 is 10.2 Å². The number of hydrogen-bond donors (Lipinski definition) is 2. The van der Waals surface area contributed by atoms with Crippen molar-refractivity contribution in [2.75, 3.05) is 0 Å². The van der Waals surface area contributed by atoms with Gasteiger partial charge in [0.25, 0.3) is 0 Å². The highest BCUT2D eigenvalue weighted by molar-refractivity contribution is 5.79. The third kappa shape index (κ3) is 43.8. The Balaban J connectivity index is 4.54. The molecular formula is C52H100O4. The molecule has 0 aromatic carbocycles. The predicted molar refractivity (Wildman–Crippen MR) is 246 cm³/mol. The predicted octanol–water partition coefficient (Wildman–Crippen LogP) is 18.1. The Kier molecular flexibility index (Phi) is 45.3. The van der Waals surface area contributed by atoms with Crippen LogP contribution in [0.2, 0.25) is 0 Å². The summed E-state index contributed by atoms with van der Waals surface area (Å²) in [6.45, 7) is 4.59. The van der Waals surface area contributed by atoms with Crippen LogP contribution >= 0.6 is 0 Å². The number of rotatable bonds is 48. The van der Waals surface area contributed by atoms with Gasteiger partial charge in [0.1, 0.15) is 0 Å². The summed E-state index contributed by atoms with van der Waals surface area (Å²) in [6.07, 6.45) is 61.2. The standard InChI is InChI=1S/C52H100O4/c1-3-5-7-9-11-13-15-17-19-23-27-31-35-39-43-49(44-40-36-32-28-25-21-22-26-30-34-38-42-46-51(53)54)50(47-48-52(55)56)45-41-37-33-29-24-20-18-16-14-12-10-8-6-4-2/h47-50H,3-46H2,1-2H3,(H,53,54)(H,55,56). The number of unbranched alkanes of at least 4 members (excludes halogenated alkanes) is 37. The maximum absolute atomic E-state index is 11.6. The molecule has 2 N–H and O–H groups in total. The summed E-state index contributed by atoms with van der Waals surface area (Å²) in [5.41, 5.74) is 0. The lowest BCUT2D eigenvalue weighted by Gasteiger charge is -2.25. The summed E-state index contributed by atoms with van der Waals surface area (Å²) in [4.78, 5) is 22.3. The Morgan fingerprint density at radius 3 is 0.875 bits per heavy atom. The van der Waals surface area contributed by atoms with Crippen LogP contribution < -0.4 is 0 Å². The monoisotopic (exact) mass is 789 g/mol. The van der Waals surface area contributed by atoms with Crippen molar-refractivity contribution in [3.63, 3.8) is 0 Å². The Bertz CT molecular complexity index is 822. The van der Waals surface area contributed by atoms with Crippen LogP contribution in [-0.4, -0.2) is 22.2 Å². The first-order chi connectivity index (χ1) is 27.5. The van der Waals surface area contributed by atoms with Crippen molar-refractivity contribution in [1.82, 2.24) is 0 Å². The van der Waals surface area contributed by atoms with E-state index < -0.39 is 11.9 Å². The number of carboxylic acids is 2. The van der Waals surface area contributed by atoms with Gasteiger partial charge in [0, 0.05) is 12.5 Å². The molecule has 0 saturated heterocycles. The summed E-state index contributed by atoms with van der Waals surface area (Å²) in [7, 11) is 0. The minimum absolute atomic E-state index is 0.319. The first-order valence-corrected chi connectivity index (χ1v) is 25.6. The smallest absolute Gasteiger partial charge is 0.327 e. The lowest BCUT2D eigenvalue weighted by Crippen LogP contribution is -2.14. The fraction of sp³-hybridized carbons (Fsp3) is 0.923. The Morgan fingerprint density at radius 1 is 0.357 bits per heavy atom. The van der Waals surface area contributed by atoms with Crippen LogP contribution in [0.4, 0.5) is 0 Å². The van der Waals surface area contributed by atoms with Crippen LogP contribution in [0.15, 0.2) is 12.2 Å². The van der Waals surface area contributed by atoms with Gasteiger partial charge in [-0.15, -0.1) is 0 Å². The Morgan fingerprint density at radius 2 is 0.607 bits per heavy atom. The quantitative estimate of drug-likeness (QED) is 0.0476. The van der Waals surface area contributed by atoms with Crippen molar-refractivity contribution in [3.8, 4) is 0 Å². The molecule has 4 heteroatoms. The number of allylic oxidation sites excluding steroid dienone is 1. The van der Waals surface area contributed by atoms with Crippen molar-refractivity contribution >= 4 is 11.9 Å². The highest BCUT2D eigenvalue weighted by Crippen LogP contribution is 2.31. The van der Waals surface area contributed by atoms with Crippen LogP contribution in [0.25, 0.3) is 0 Å². The topological polar surface area (TPSA) is 74.6 Å². The van der Waals surface area contributed by atoms with Crippen LogP contribution in [0.1, 0.15) is 296 Å². The summed E-state index contributed by atoms with van der Waals surface area (Å²) in [6, 6.07) is 0. The highest BCUT2D eigenvalue weighted by atomic mass is 16.4. The van der Waals surface area contributed by atoms with E-state index in [0.717, 1.165) is 19.3 Å². The molecule has 332 valence electrons. The average molecular weight is 789 g/mol. The molecule has 2 atom stereocenters. The zero-order valence-electron chi connectivity index (χ0n) is 38.1. The number of carbonyl (C=O) groups is 2. The van der Waals surface area contributed by atoms with Crippen LogP contribution in [-0.2, 0) is 9.59 Å². The van der Waals surface area contributed by atoms with Gasteiger partial charge in [-0.25, -0.2) is 4.79 Å². The molecular weight excluding hydrogens is 689 g/mol. The van der Waals surface area contributed by atoms with Gasteiger partial charge in [0.2, 0.25) is 0 Å². The van der Waals surface area contributed by atoms with Gasteiger partial charge in [-0.1, -0.05) is 270 Å². The van der Waals surface area contributed by atoms with Crippen molar-refractivity contribution in [3.05, 3.63) is 12.2 Å². The SMILES string of the molecule is CCCCCCCCCCCCCCCCC(C=CC(=O)O)C(CCCCCCCCCCCCCCCC)CCCCCCCCCCCCCCC(=O)O. The Hall–Kier alpha value is -1.32. The molecule has 0 rings (SSSR count). The molecule has 0 fully saturated rings. The van der Waals surface area contributed by atoms with E-state index in [0.29, 0.717) is 18.3 Å². The minimum Gasteiger partial charge on any atom is -0.481 e. The van der Waals surface area contributed by atoms with E-state index in [-0.39, 0.29) is 0 Å². The van der Waals surface area contributed by atoms with Crippen LogP contribution in [0, 0.1) is 11.8 Å². The maximum Gasteiger partial charge on any atom is 0.327 e. The van der Waals surface area contributed by atoms with Crippen molar-refractivity contribution in [1.29, 1.82) is 0 Å². The third-order valence-corrected chi connectivity index (χ3v) is 12.6. The van der Waals surface area contributed by atoms with Gasteiger partial charge >= 0.3 is 11.9 Å². The molecule has 0 heterocycles. The molecule has 0 spiro atoms. The first-order valence-electron chi connectivity index (χ1n) is 25.6. The summed E-state index contributed by atoms with van der Waals surface area (Å²) < 4.78 is 0. The number of aliphatic carboxylic acids is 2. The molecule has 0 aromatic rings. The fourth-order valence-corrected chi connectivity index (χ4v) is 8.89. The summed E-state index contributed by atoms with van der Waals surface area (Å²) in [5, 5.41) is 18.3. The second-order valence-electron chi connectivity index (χ2n) is 18.1. The molecule has 0 aliphatic heterocycles. The minimum atomic E-state index is -0.788. The molecule has 2 unspecified atom stereocenters. The van der Waals surface area contributed by atoms with E-state index in [4.69, 9.17) is 5.11 Å². The van der Waals surface area contributed by atoms with E-state index in [2.05, 4.69) is 19.9 Å². The molecule has 0 amide bonds. The van der Waals surface area contributed by atoms with Gasteiger partial charge in [-0.05, 0) is 37.5 Å². The molecule has 4 nitrogen and oxygen atoms in total. The lowest BCUT2D eigenvalue weighted by atomic mass is 9.80. The van der Waals surface area contributed by atoms with Crippen LogP contribution in [0.5, 0.6) is 0 Å². The second kappa shape index (κ2) is 46.4. The van der Waals surface area contributed by atoms with Crippen molar-refractivity contribution in [2.24, 2.45) is 11.8 Å². The molecule has 0 radical (unpaired) electrons. The maximum atomic E-state index is 11.6. The van der Waals surface area contributed by atoms with Crippen molar-refractivity contribution in [2.45, 2.75) is 296 Å². The molecule has 56 heavy (non-hydrogen) atoms. The second-order valence-corrected chi connectivity index (χ2v) is 18.1. The van der Waals surface area contributed by atoms with Gasteiger partial charge in [-0.2, -0.15) is 0 Å². The summed E-state index contributed by atoms with van der Waals surface area (Å²) >= 11 is 0. The average Bonchev–Trinajstić information content (AvgIpc) is 3.18. The zero-order chi connectivity index (χ0) is 40.8. The van der Waals surface area contributed by atoms with E-state index >= 15 is 0 Å². The third-order valence-electron chi connectivity index (χ3n) is 12.6. The van der Waals surface area contributed by atoms with Crippen molar-refractivity contribution < 1.29 is 19.8 Å². The van der Waals surface area contributed by atoms with E-state index in [1.807, 2.05) is 0 Å². The summed E-state index contributed by atoms with van der Waals surface area (Å²) in [5.74, 6) is -0.417. The number of hydrogen-bond acceptors (Lipinski definition) is 2. The molecule has 0 bridgehead atoms. The number of carboxylic acid groups (broad SMARTS) is 2. The molecule has 0 aromatic heterocycles. The molecule has 0 aliphatic carbocycles. The fourth-order valence-electron chi connectivity index (χ4n) is 8.89.